The molecule has 0 spiro atoms. The number of ketones is 1. The van der Waals surface area contributed by atoms with Crippen LogP contribution in [0.1, 0.15) is 27.9 Å². The van der Waals surface area contributed by atoms with E-state index in [0.717, 1.165) is 23.3 Å². The first-order valence-electron chi connectivity index (χ1n) is 7.55. The van der Waals surface area contributed by atoms with Crippen LogP contribution < -0.4 is 9.47 Å². The third-order valence-corrected chi connectivity index (χ3v) is 3.62. The molecule has 0 bridgehead atoms. The quantitative estimate of drug-likeness (QED) is 0.693. The van der Waals surface area contributed by atoms with Crippen LogP contribution in [0.3, 0.4) is 0 Å². The molecule has 0 saturated carbocycles. The van der Waals surface area contributed by atoms with Gasteiger partial charge in [-0.2, -0.15) is 0 Å². The molecule has 1 heterocycles. The van der Waals surface area contributed by atoms with E-state index >= 15 is 0 Å². The smallest absolute Gasteiger partial charge is 0.189 e. The molecule has 3 rings (SSSR count). The van der Waals surface area contributed by atoms with Gasteiger partial charge in [-0.15, -0.1) is 0 Å². The Balaban J connectivity index is 1.79. The highest BCUT2D eigenvalue weighted by Gasteiger charge is 2.11. The first-order valence-corrected chi connectivity index (χ1v) is 7.55. The van der Waals surface area contributed by atoms with E-state index in [1.54, 1.807) is 24.3 Å². The van der Waals surface area contributed by atoms with E-state index in [1.165, 1.54) is 6.08 Å². The van der Waals surface area contributed by atoms with Gasteiger partial charge in [0.25, 0.3) is 0 Å². The van der Waals surface area contributed by atoms with Gasteiger partial charge in [-0.05, 0) is 48.4 Å². The number of aryl methyl sites for hydroxylation is 1. The zero-order chi connectivity index (χ0) is 16.2. The molecule has 0 amide bonds. The van der Waals surface area contributed by atoms with Gasteiger partial charge in [-0.1, -0.05) is 18.2 Å². The predicted molar refractivity (Wildman–Crippen MR) is 88.3 cm³/mol. The first-order chi connectivity index (χ1) is 11.1. The molecule has 2 aromatic rings. The Morgan fingerprint density at radius 2 is 1.87 bits per heavy atom. The number of ether oxygens (including phenoxy) is 2. The molecule has 1 aliphatic rings. The van der Waals surface area contributed by atoms with Crippen LogP contribution in [0, 0.1) is 6.92 Å². The predicted octanol–water partition coefficient (Wildman–Crippen LogP) is 3.76. The molecule has 0 aromatic heterocycles. The van der Waals surface area contributed by atoms with E-state index in [-0.39, 0.29) is 11.5 Å². The van der Waals surface area contributed by atoms with Gasteiger partial charge in [-0.25, -0.2) is 0 Å². The summed E-state index contributed by atoms with van der Waals surface area (Å²) in [5.74, 6) is 1.17. The molecule has 118 valence electrons. The van der Waals surface area contributed by atoms with Crippen molar-refractivity contribution in [3.63, 3.8) is 0 Å². The van der Waals surface area contributed by atoms with Crippen molar-refractivity contribution >= 4 is 11.9 Å². The van der Waals surface area contributed by atoms with E-state index in [0.29, 0.717) is 24.5 Å². The maximum atomic E-state index is 12.2. The summed E-state index contributed by atoms with van der Waals surface area (Å²) in [5, 5.41) is 9.86. The Kier molecular flexibility index (Phi) is 4.33. The largest absolute Gasteiger partial charge is 0.507 e. The summed E-state index contributed by atoms with van der Waals surface area (Å²) in [6.45, 7) is 3.13. The molecule has 4 nitrogen and oxygen atoms in total. The van der Waals surface area contributed by atoms with Crippen LogP contribution >= 0.6 is 0 Å². The number of aromatic hydroxyl groups is 1. The number of rotatable bonds is 3. The minimum absolute atomic E-state index is 0.00156. The molecule has 0 aliphatic carbocycles. The minimum Gasteiger partial charge on any atom is -0.507 e. The van der Waals surface area contributed by atoms with Crippen molar-refractivity contribution in [2.24, 2.45) is 0 Å². The van der Waals surface area contributed by atoms with E-state index in [9.17, 15) is 9.90 Å². The van der Waals surface area contributed by atoms with E-state index < -0.39 is 0 Å². The number of allylic oxidation sites excluding steroid dienone is 1. The summed E-state index contributed by atoms with van der Waals surface area (Å²) in [7, 11) is 0. The summed E-state index contributed by atoms with van der Waals surface area (Å²) in [5.41, 5.74) is 2.04. The maximum absolute atomic E-state index is 12.2. The zero-order valence-electron chi connectivity index (χ0n) is 12.9. The molecule has 1 aliphatic heterocycles. The molecular weight excluding hydrogens is 292 g/mol. The van der Waals surface area contributed by atoms with Crippen molar-refractivity contribution < 1.29 is 19.4 Å². The van der Waals surface area contributed by atoms with Gasteiger partial charge in [0, 0.05) is 6.42 Å². The molecule has 0 radical (unpaired) electrons. The van der Waals surface area contributed by atoms with Crippen LogP contribution in [0.25, 0.3) is 6.08 Å². The lowest BCUT2D eigenvalue weighted by Crippen LogP contribution is -1.97. The normalized spacial score (nSPS) is 13.8. The van der Waals surface area contributed by atoms with Crippen LogP contribution in [-0.4, -0.2) is 24.1 Å². The fourth-order valence-electron chi connectivity index (χ4n) is 2.40. The van der Waals surface area contributed by atoms with Gasteiger partial charge in [0.2, 0.25) is 0 Å². The average Bonchev–Trinajstić information content (AvgIpc) is 2.77. The second-order valence-corrected chi connectivity index (χ2v) is 5.47. The Hall–Kier alpha value is -2.75. The molecule has 2 aromatic carbocycles. The number of carbonyl (C=O) groups is 1. The number of phenolic OH excluding ortho intramolecular Hbond substituents is 1. The average molecular weight is 310 g/mol. The van der Waals surface area contributed by atoms with Gasteiger partial charge >= 0.3 is 0 Å². The number of hydrogen-bond acceptors (Lipinski definition) is 4. The highest BCUT2D eigenvalue weighted by atomic mass is 16.5. The third kappa shape index (κ3) is 3.54. The maximum Gasteiger partial charge on any atom is 0.189 e. The molecule has 0 atom stereocenters. The SMILES string of the molecule is Cc1ccc(C(=O)/C=C/c2ccc3c(c2)OCCCO3)c(O)c1. The second-order valence-electron chi connectivity index (χ2n) is 5.47. The fraction of sp³-hybridized carbons (Fsp3) is 0.211. The highest BCUT2D eigenvalue weighted by molar-refractivity contribution is 6.08. The lowest BCUT2D eigenvalue weighted by atomic mass is 10.1. The van der Waals surface area contributed by atoms with Gasteiger partial charge in [-0.3, -0.25) is 4.79 Å². The summed E-state index contributed by atoms with van der Waals surface area (Å²) in [4.78, 5) is 12.2. The lowest BCUT2D eigenvalue weighted by molar-refractivity contribution is 0.104. The standard InChI is InChI=1S/C19H18O4/c1-13-3-6-15(17(21)11-13)16(20)7-4-14-5-8-18-19(12-14)23-10-2-9-22-18/h3-8,11-12,21H,2,9-10H2,1H3/b7-4+. The van der Waals surface area contributed by atoms with Crippen LogP contribution in [-0.2, 0) is 0 Å². The Labute approximate surface area is 135 Å². The van der Waals surface area contributed by atoms with E-state index in [2.05, 4.69) is 0 Å². The van der Waals surface area contributed by atoms with Crippen molar-refractivity contribution in [1.29, 1.82) is 0 Å². The van der Waals surface area contributed by atoms with Crippen molar-refractivity contribution in [1.82, 2.24) is 0 Å². The van der Waals surface area contributed by atoms with Gasteiger partial charge < -0.3 is 14.6 Å². The van der Waals surface area contributed by atoms with Crippen molar-refractivity contribution in [3.8, 4) is 17.2 Å². The lowest BCUT2D eigenvalue weighted by Gasteiger charge is -2.07. The number of fused-ring (bicyclic) bond motifs is 1. The third-order valence-electron chi connectivity index (χ3n) is 3.62. The molecular formula is C19H18O4. The highest BCUT2D eigenvalue weighted by Crippen LogP contribution is 2.31. The second kappa shape index (κ2) is 6.57. The summed E-state index contributed by atoms with van der Waals surface area (Å²) >= 11 is 0. The molecule has 0 unspecified atom stereocenters. The Bertz CT molecular complexity index is 762. The molecule has 4 heteroatoms. The van der Waals surface area contributed by atoms with Crippen molar-refractivity contribution in [2.45, 2.75) is 13.3 Å². The van der Waals surface area contributed by atoms with Gasteiger partial charge in [0.1, 0.15) is 5.75 Å². The molecule has 23 heavy (non-hydrogen) atoms. The van der Waals surface area contributed by atoms with Crippen molar-refractivity contribution in [3.05, 3.63) is 59.2 Å². The zero-order valence-corrected chi connectivity index (χ0v) is 12.9. The monoisotopic (exact) mass is 310 g/mol. The summed E-state index contributed by atoms with van der Waals surface area (Å²) in [6.07, 6.45) is 4.00. The van der Waals surface area contributed by atoms with Crippen molar-refractivity contribution in [2.75, 3.05) is 13.2 Å². The van der Waals surface area contributed by atoms with E-state index in [1.807, 2.05) is 25.1 Å². The Morgan fingerprint density at radius 3 is 2.65 bits per heavy atom. The number of carbonyl (C=O) groups excluding carboxylic acids is 1. The van der Waals surface area contributed by atoms with E-state index in [4.69, 9.17) is 9.47 Å². The number of phenols is 1. The summed E-state index contributed by atoms with van der Waals surface area (Å²) < 4.78 is 11.2. The van der Waals surface area contributed by atoms with Gasteiger partial charge in [0.15, 0.2) is 17.3 Å². The molecule has 1 N–H and O–H groups in total. The summed E-state index contributed by atoms with van der Waals surface area (Å²) in [6, 6.07) is 10.6. The minimum atomic E-state index is -0.241. The van der Waals surface area contributed by atoms with Crippen LogP contribution in [0.5, 0.6) is 17.2 Å². The van der Waals surface area contributed by atoms with Crippen LogP contribution in [0.2, 0.25) is 0 Å². The molecule has 0 fully saturated rings. The first kappa shape index (κ1) is 15.2. The Morgan fingerprint density at radius 1 is 1.09 bits per heavy atom. The number of benzene rings is 2. The fourth-order valence-corrected chi connectivity index (χ4v) is 2.40. The molecule has 0 saturated heterocycles. The topological polar surface area (TPSA) is 55.8 Å². The van der Waals surface area contributed by atoms with Crippen LogP contribution in [0.4, 0.5) is 0 Å². The van der Waals surface area contributed by atoms with Gasteiger partial charge in [0.05, 0.1) is 18.8 Å². The number of hydrogen-bond donors (Lipinski definition) is 1. The van der Waals surface area contributed by atoms with Crippen LogP contribution in [0.15, 0.2) is 42.5 Å².